The highest BCUT2D eigenvalue weighted by Crippen LogP contribution is 2.27. The van der Waals surface area contributed by atoms with Crippen LogP contribution in [0, 0.1) is 6.92 Å². The largest absolute Gasteiger partial charge is 0.337 e. The van der Waals surface area contributed by atoms with Crippen molar-refractivity contribution in [3.8, 4) is 0 Å². The molecule has 0 bridgehead atoms. The molecule has 138 valence electrons. The van der Waals surface area contributed by atoms with Gasteiger partial charge in [0.1, 0.15) is 11.5 Å². The molecule has 3 aromatic heterocycles. The first-order valence-electron chi connectivity index (χ1n) is 9.19. The number of amides is 1. The molecule has 1 amide bonds. The van der Waals surface area contributed by atoms with Gasteiger partial charge in [0.15, 0.2) is 0 Å². The van der Waals surface area contributed by atoms with E-state index < -0.39 is 0 Å². The highest BCUT2D eigenvalue weighted by Gasteiger charge is 2.28. The Kier molecular flexibility index (Phi) is 4.91. The number of hydrogen-bond donors (Lipinski definition) is 0. The lowest BCUT2D eigenvalue weighted by atomic mass is 9.96. The van der Waals surface area contributed by atoms with Gasteiger partial charge in [0.2, 0.25) is 0 Å². The number of aromatic nitrogens is 5. The van der Waals surface area contributed by atoms with Crippen LogP contribution in [-0.4, -0.2) is 48.4 Å². The molecule has 1 saturated heterocycles. The van der Waals surface area contributed by atoms with Crippen molar-refractivity contribution >= 4 is 5.91 Å². The first-order valence-corrected chi connectivity index (χ1v) is 9.19. The van der Waals surface area contributed by atoms with E-state index in [2.05, 4.69) is 24.5 Å². The summed E-state index contributed by atoms with van der Waals surface area (Å²) in [5, 5.41) is 0. The third-order valence-electron chi connectivity index (χ3n) is 4.88. The van der Waals surface area contributed by atoms with Crippen molar-refractivity contribution in [1.29, 1.82) is 0 Å². The van der Waals surface area contributed by atoms with Gasteiger partial charge in [-0.05, 0) is 31.9 Å². The molecule has 0 aliphatic carbocycles. The van der Waals surface area contributed by atoms with Crippen LogP contribution < -0.4 is 0 Å². The Morgan fingerprint density at radius 1 is 1.15 bits per heavy atom. The summed E-state index contributed by atoms with van der Waals surface area (Å²) in [5.41, 5.74) is 2.20. The Labute approximate surface area is 158 Å². The SMILES string of the molecule is Cc1cnc(C(=O)N2CCC[C@@H](c3nccn3Cc3ccccn3)C2)cn1. The summed E-state index contributed by atoms with van der Waals surface area (Å²) < 4.78 is 2.13. The topological polar surface area (TPSA) is 76.8 Å². The summed E-state index contributed by atoms with van der Waals surface area (Å²) in [6.45, 7) is 3.93. The van der Waals surface area contributed by atoms with Gasteiger partial charge in [0, 0.05) is 43.8 Å². The molecule has 1 aliphatic heterocycles. The molecule has 0 aromatic carbocycles. The molecule has 0 spiro atoms. The van der Waals surface area contributed by atoms with E-state index in [1.165, 1.54) is 0 Å². The predicted molar refractivity (Wildman–Crippen MR) is 100 cm³/mol. The number of nitrogens with zero attached hydrogens (tertiary/aromatic N) is 6. The van der Waals surface area contributed by atoms with Gasteiger partial charge in [-0.3, -0.25) is 14.8 Å². The van der Waals surface area contributed by atoms with Crippen LogP contribution in [0.3, 0.4) is 0 Å². The third-order valence-corrected chi connectivity index (χ3v) is 4.88. The molecule has 27 heavy (non-hydrogen) atoms. The Bertz CT molecular complexity index is 906. The number of aryl methyl sites for hydroxylation is 1. The van der Waals surface area contributed by atoms with Gasteiger partial charge in [0.05, 0.1) is 24.1 Å². The predicted octanol–water partition coefficient (Wildman–Crippen LogP) is 2.44. The number of likely N-dealkylation sites (tertiary alicyclic amines) is 1. The van der Waals surface area contributed by atoms with E-state index in [0.29, 0.717) is 18.8 Å². The zero-order valence-corrected chi connectivity index (χ0v) is 15.3. The van der Waals surface area contributed by atoms with E-state index in [-0.39, 0.29) is 11.8 Å². The van der Waals surface area contributed by atoms with E-state index in [4.69, 9.17) is 0 Å². The Balaban J connectivity index is 1.50. The van der Waals surface area contributed by atoms with Crippen molar-refractivity contribution in [2.45, 2.75) is 32.2 Å². The molecule has 1 fully saturated rings. The maximum Gasteiger partial charge on any atom is 0.274 e. The average Bonchev–Trinajstić information content (AvgIpc) is 3.17. The van der Waals surface area contributed by atoms with Crippen LogP contribution in [0.25, 0.3) is 0 Å². The minimum atomic E-state index is -0.0602. The lowest BCUT2D eigenvalue weighted by Crippen LogP contribution is -2.40. The van der Waals surface area contributed by atoms with Crippen LogP contribution in [-0.2, 0) is 6.54 Å². The van der Waals surface area contributed by atoms with Crippen molar-refractivity contribution in [3.05, 3.63) is 72.1 Å². The van der Waals surface area contributed by atoms with Crippen molar-refractivity contribution in [2.24, 2.45) is 0 Å². The fourth-order valence-electron chi connectivity index (χ4n) is 3.52. The van der Waals surface area contributed by atoms with Crippen LogP contribution in [0.1, 0.15) is 46.5 Å². The van der Waals surface area contributed by atoms with E-state index in [1.54, 1.807) is 18.6 Å². The summed E-state index contributed by atoms with van der Waals surface area (Å²) in [5.74, 6) is 1.16. The molecule has 0 N–H and O–H groups in total. The van der Waals surface area contributed by atoms with Crippen molar-refractivity contribution in [1.82, 2.24) is 29.4 Å². The molecule has 4 rings (SSSR count). The fraction of sp³-hybridized carbons (Fsp3) is 0.350. The number of pyridine rings is 1. The minimum Gasteiger partial charge on any atom is -0.337 e. The molecule has 3 aromatic rings. The van der Waals surface area contributed by atoms with Gasteiger partial charge in [0.25, 0.3) is 5.91 Å². The number of imidazole rings is 1. The second kappa shape index (κ2) is 7.65. The van der Waals surface area contributed by atoms with Gasteiger partial charge >= 0.3 is 0 Å². The van der Waals surface area contributed by atoms with Gasteiger partial charge in [-0.2, -0.15) is 0 Å². The molecule has 1 aliphatic rings. The van der Waals surface area contributed by atoms with Crippen LogP contribution in [0.2, 0.25) is 0 Å². The van der Waals surface area contributed by atoms with Gasteiger partial charge < -0.3 is 9.47 Å². The average molecular weight is 362 g/mol. The number of carbonyl (C=O) groups is 1. The molecule has 7 heteroatoms. The van der Waals surface area contributed by atoms with Crippen molar-refractivity contribution in [2.75, 3.05) is 13.1 Å². The second-order valence-corrected chi connectivity index (χ2v) is 6.87. The van der Waals surface area contributed by atoms with E-state index in [9.17, 15) is 4.79 Å². The maximum absolute atomic E-state index is 12.8. The molecule has 4 heterocycles. The monoisotopic (exact) mass is 362 g/mol. The first-order chi connectivity index (χ1) is 13.2. The number of carbonyl (C=O) groups excluding carboxylic acids is 1. The van der Waals surface area contributed by atoms with Crippen LogP contribution in [0.15, 0.2) is 49.2 Å². The van der Waals surface area contributed by atoms with E-state index in [0.717, 1.165) is 36.6 Å². The first kappa shape index (κ1) is 17.3. The molecule has 0 radical (unpaired) electrons. The van der Waals surface area contributed by atoms with Gasteiger partial charge in [-0.15, -0.1) is 0 Å². The third kappa shape index (κ3) is 3.86. The zero-order valence-electron chi connectivity index (χ0n) is 15.3. The van der Waals surface area contributed by atoms with Crippen LogP contribution in [0.4, 0.5) is 0 Å². The van der Waals surface area contributed by atoms with Crippen molar-refractivity contribution in [3.63, 3.8) is 0 Å². The number of rotatable bonds is 4. The molecule has 1 atom stereocenters. The molecule has 0 saturated carbocycles. The van der Waals surface area contributed by atoms with Crippen LogP contribution >= 0.6 is 0 Å². The number of hydrogen-bond acceptors (Lipinski definition) is 5. The summed E-state index contributed by atoms with van der Waals surface area (Å²) >= 11 is 0. The summed E-state index contributed by atoms with van der Waals surface area (Å²) in [6, 6.07) is 5.91. The normalized spacial score (nSPS) is 17.1. The highest BCUT2D eigenvalue weighted by molar-refractivity contribution is 5.92. The van der Waals surface area contributed by atoms with Crippen LogP contribution in [0.5, 0.6) is 0 Å². The van der Waals surface area contributed by atoms with Gasteiger partial charge in [-0.25, -0.2) is 9.97 Å². The number of piperidine rings is 1. The lowest BCUT2D eigenvalue weighted by Gasteiger charge is -2.32. The summed E-state index contributed by atoms with van der Waals surface area (Å²) in [7, 11) is 0. The Morgan fingerprint density at radius 3 is 2.85 bits per heavy atom. The summed E-state index contributed by atoms with van der Waals surface area (Å²) in [4.78, 5) is 32.1. The molecular formula is C20H22N6O. The standard InChI is InChI=1S/C20H22N6O/c1-15-11-24-18(12-23-15)20(27)26-9-4-5-16(13-26)19-22-8-10-25(19)14-17-6-2-3-7-21-17/h2-3,6-8,10-12,16H,4-5,9,13-14H2,1H3/t16-/m1/s1. The molecular weight excluding hydrogens is 340 g/mol. The van der Waals surface area contributed by atoms with Gasteiger partial charge in [-0.1, -0.05) is 6.07 Å². The fourth-order valence-corrected chi connectivity index (χ4v) is 3.52. The molecule has 0 unspecified atom stereocenters. The maximum atomic E-state index is 12.8. The quantitative estimate of drug-likeness (QED) is 0.712. The second-order valence-electron chi connectivity index (χ2n) is 6.87. The smallest absolute Gasteiger partial charge is 0.274 e. The minimum absolute atomic E-state index is 0.0602. The lowest BCUT2D eigenvalue weighted by molar-refractivity contribution is 0.0697. The van der Waals surface area contributed by atoms with Crippen molar-refractivity contribution < 1.29 is 4.79 Å². The Morgan fingerprint density at radius 2 is 2.07 bits per heavy atom. The Hall–Kier alpha value is -3.09. The summed E-state index contributed by atoms with van der Waals surface area (Å²) in [6.07, 6.45) is 10.8. The van der Waals surface area contributed by atoms with E-state index >= 15 is 0 Å². The molecule has 7 nitrogen and oxygen atoms in total. The zero-order chi connectivity index (χ0) is 18.6. The van der Waals surface area contributed by atoms with E-state index in [1.807, 2.05) is 42.4 Å². The highest BCUT2D eigenvalue weighted by atomic mass is 16.2.